The molecule has 2 aliphatic rings. The highest BCUT2D eigenvalue weighted by molar-refractivity contribution is 5.95. The largest absolute Gasteiger partial charge is 0.481 e. The van der Waals surface area contributed by atoms with Gasteiger partial charge in [-0.1, -0.05) is 19.9 Å². The Morgan fingerprint density at radius 2 is 1.96 bits per heavy atom. The van der Waals surface area contributed by atoms with Crippen molar-refractivity contribution in [1.82, 2.24) is 4.90 Å². The van der Waals surface area contributed by atoms with E-state index in [0.717, 1.165) is 0 Å². The standard InChI is InChI=1S/C18H22N2O5/c1-11(2)13-4-3-12(9-15(13)20(24)25)16(21)19-7-5-18(6-8-19)10-14(18)17(22)23/h3-4,9,11,14H,5-8,10H2,1-2H3,(H,22,23). The zero-order chi connectivity index (χ0) is 18.4. The third-order valence-electron chi connectivity index (χ3n) is 5.63. The number of nitrogens with zero attached hydrogens (tertiary/aromatic N) is 2. The first-order valence-electron chi connectivity index (χ1n) is 8.55. The molecule has 1 aromatic rings. The average molecular weight is 346 g/mol. The summed E-state index contributed by atoms with van der Waals surface area (Å²) in [5.74, 6) is -1.25. The van der Waals surface area contributed by atoms with Gasteiger partial charge in [-0.25, -0.2) is 0 Å². The van der Waals surface area contributed by atoms with Gasteiger partial charge in [0.2, 0.25) is 0 Å². The van der Waals surface area contributed by atoms with Gasteiger partial charge in [-0.2, -0.15) is 0 Å². The zero-order valence-corrected chi connectivity index (χ0v) is 14.4. The van der Waals surface area contributed by atoms with E-state index in [9.17, 15) is 19.7 Å². The maximum absolute atomic E-state index is 12.7. The SMILES string of the molecule is CC(C)c1ccc(C(=O)N2CCC3(CC2)CC3C(=O)O)cc1[N+](=O)[O-]. The van der Waals surface area contributed by atoms with Gasteiger partial charge in [-0.05, 0) is 36.7 Å². The zero-order valence-electron chi connectivity index (χ0n) is 14.4. The molecule has 134 valence electrons. The van der Waals surface area contributed by atoms with Crippen molar-refractivity contribution in [2.75, 3.05) is 13.1 Å². The van der Waals surface area contributed by atoms with Gasteiger partial charge in [-0.15, -0.1) is 0 Å². The Labute approximate surface area is 145 Å². The van der Waals surface area contributed by atoms with Gasteiger partial charge in [-0.3, -0.25) is 19.7 Å². The molecule has 1 saturated carbocycles. The van der Waals surface area contributed by atoms with Crippen LogP contribution in [0, 0.1) is 21.4 Å². The molecule has 1 unspecified atom stereocenters. The molecule has 1 atom stereocenters. The molecule has 25 heavy (non-hydrogen) atoms. The molecular formula is C18H22N2O5. The highest BCUT2D eigenvalue weighted by Crippen LogP contribution is 2.59. The van der Waals surface area contributed by atoms with Crippen LogP contribution in [-0.2, 0) is 4.79 Å². The molecule has 1 N–H and O–H groups in total. The van der Waals surface area contributed by atoms with Crippen molar-refractivity contribution >= 4 is 17.6 Å². The van der Waals surface area contributed by atoms with Crippen molar-refractivity contribution in [2.24, 2.45) is 11.3 Å². The van der Waals surface area contributed by atoms with Crippen molar-refractivity contribution in [3.63, 3.8) is 0 Å². The summed E-state index contributed by atoms with van der Waals surface area (Å²) >= 11 is 0. The Morgan fingerprint density at radius 3 is 2.44 bits per heavy atom. The smallest absolute Gasteiger partial charge is 0.307 e. The van der Waals surface area contributed by atoms with E-state index in [1.54, 1.807) is 17.0 Å². The van der Waals surface area contributed by atoms with Crippen LogP contribution in [0.3, 0.4) is 0 Å². The number of nitro benzene ring substituents is 1. The molecule has 0 bridgehead atoms. The lowest BCUT2D eigenvalue weighted by molar-refractivity contribution is -0.385. The van der Waals surface area contributed by atoms with E-state index in [-0.39, 0.29) is 28.8 Å². The molecule has 1 aliphatic carbocycles. The molecule has 7 heteroatoms. The Bertz CT molecular complexity index is 735. The summed E-state index contributed by atoms with van der Waals surface area (Å²) in [6.45, 7) is 4.76. The topological polar surface area (TPSA) is 101 Å². The third-order valence-corrected chi connectivity index (χ3v) is 5.63. The van der Waals surface area contributed by atoms with Crippen LogP contribution in [0.25, 0.3) is 0 Å². The number of hydrogen-bond donors (Lipinski definition) is 1. The maximum Gasteiger partial charge on any atom is 0.307 e. The van der Waals surface area contributed by atoms with Crippen molar-refractivity contribution in [2.45, 2.75) is 39.0 Å². The van der Waals surface area contributed by atoms with Crippen molar-refractivity contribution in [3.8, 4) is 0 Å². The number of piperidine rings is 1. The number of carbonyl (C=O) groups is 2. The summed E-state index contributed by atoms with van der Waals surface area (Å²) in [4.78, 5) is 36.3. The lowest BCUT2D eigenvalue weighted by Gasteiger charge is -2.32. The minimum Gasteiger partial charge on any atom is -0.481 e. The van der Waals surface area contributed by atoms with E-state index in [1.165, 1.54) is 6.07 Å². The highest BCUT2D eigenvalue weighted by Gasteiger charge is 2.59. The summed E-state index contributed by atoms with van der Waals surface area (Å²) in [7, 11) is 0. The van der Waals surface area contributed by atoms with Crippen LogP contribution in [0.5, 0.6) is 0 Å². The number of rotatable bonds is 4. The summed E-state index contributed by atoms with van der Waals surface area (Å²) in [5, 5.41) is 20.4. The van der Waals surface area contributed by atoms with E-state index in [1.807, 2.05) is 13.8 Å². The lowest BCUT2D eigenvalue weighted by atomic mass is 9.90. The van der Waals surface area contributed by atoms with Crippen LogP contribution in [0.4, 0.5) is 5.69 Å². The van der Waals surface area contributed by atoms with E-state index in [0.29, 0.717) is 43.5 Å². The van der Waals surface area contributed by atoms with Gasteiger partial charge in [0, 0.05) is 30.3 Å². The number of carboxylic acids is 1. The van der Waals surface area contributed by atoms with Crippen LogP contribution in [-0.4, -0.2) is 39.9 Å². The molecule has 1 amide bonds. The fraction of sp³-hybridized carbons (Fsp3) is 0.556. The monoisotopic (exact) mass is 346 g/mol. The normalized spacial score (nSPS) is 21.4. The highest BCUT2D eigenvalue weighted by atomic mass is 16.6. The molecule has 1 aromatic carbocycles. The summed E-state index contributed by atoms with van der Waals surface area (Å²) in [6.07, 6.45) is 2.06. The minimum absolute atomic E-state index is 0.00205. The molecule has 3 rings (SSSR count). The van der Waals surface area contributed by atoms with Crippen LogP contribution < -0.4 is 0 Å². The fourth-order valence-corrected chi connectivity index (χ4v) is 3.91. The first kappa shape index (κ1) is 17.4. The third kappa shape index (κ3) is 3.10. The predicted octanol–water partition coefficient (Wildman–Crippen LogP) is 3.05. The van der Waals surface area contributed by atoms with Gasteiger partial charge in [0.15, 0.2) is 0 Å². The molecule has 1 heterocycles. The van der Waals surface area contributed by atoms with Crippen molar-refractivity contribution < 1.29 is 19.6 Å². The van der Waals surface area contributed by atoms with Gasteiger partial charge >= 0.3 is 5.97 Å². The van der Waals surface area contributed by atoms with Gasteiger partial charge in [0.1, 0.15) is 0 Å². The molecule has 2 fully saturated rings. The van der Waals surface area contributed by atoms with E-state index in [4.69, 9.17) is 5.11 Å². The number of carboxylic acid groups (broad SMARTS) is 1. The van der Waals surface area contributed by atoms with E-state index in [2.05, 4.69) is 0 Å². The van der Waals surface area contributed by atoms with Crippen molar-refractivity contribution in [1.29, 1.82) is 0 Å². The van der Waals surface area contributed by atoms with Crippen LogP contribution in [0.15, 0.2) is 18.2 Å². The van der Waals surface area contributed by atoms with E-state index < -0.39 is 10.9 Å². The minimum atomic E-state index is -0.750. The Kier molecular flexibility index (Phi) is 4.26. The molecular weight excluding hydrogens is 324 g/mol. The summed E-state index contributed by atoms with van der Waals surface area (Å²) in [6, 6.07) is 4.66. The number of hydrogen-bond acceptors (Lipinski definition) is 4. The summed E-state index contributed by atoms with van der Waals surface area (Å²) in [5.41, 5.74) is 0.761. The molecule has 0 radical (unpaired) electrons. The average Bonchev–Trinajstić information content (AvgIpc) is 3.28. The Hall–Kier alpha value is -2.44. The first-order chi connectivity index (χ1) is 11.7. The predicted molar refractivity (Wildman–Crippen MR) is 90.5 cm³/mol. The molecule has 0 aromatic heterocycles. The van der Waals surface area contributed by atoms with Gasteiger partial charge in [0.25, 0.3) is 11.6 Å². The second kappa shape index (κ2) is 6.13. The van der Waals surface area contributed by atoms with Crippen LogP contribution in [0.2, 0.25) is 0 Å². The molecule has 7 nitrogen and oxygen atoms in total. The van der Waals surface area contributed by atoms with Crippen LogP contribution >= 0.6 is 0 Å². The molecule has 1 saturated heterocycles. The Morgan fingerprint density at radius 1 is 1.32 bits per heavy atom. The summed E-state index contributed by atoms with van der Waals surface area (Å²) < 4.78 is 0. The maximum atomic E-state index is 12.7. The van der Waals surface area contributed by atoms with E-state index >= 15 is 0 Å². The second-order valence-electron chi connectivity index (χ2n) is 7.43. The second-order valence-corrected chi connectivity index (χ2v) is 7.43. The number of aliphatic carboxylic acids is 1. The number of amides is 1. The lowest BCUT2D eigenvalue weighted by Crippen LogP contribution is -2.40. The number of benzene rings is 1. The van der Waals surface area contributed by atoms with Gasteiger partial charge < -0.3 is 10.0 Å². The molecule has 1 aliphatic heterocycles. The fourth-order valence-electron chi connectivity index (χ4n) is 3.91. The van der Waals surface area contributed by atoms with Crippen LogP contribution in [0.1, 0.15) is 54.9 Å². The number of carbonyl (C=O) groups excluding carboxylic acids is 1. The van der Waals surface area contributed by atoms with Gasteiger partial charge in [0.05, 0.1) is 10.8 Å². The van der Waals surface area contributed by atoms with Crippen molar-refractivity contribution in [3.05, 3.63) is 39.4 Å². The quantitative estimate of drug-likeness (QED) is 0.667. The first-order valence-corrected chi connectivity index (χ1v) is 8.55. The number of likely N-dealkylation sites (tertiary alicyclic amines) is 1. The Balaban J connectivity index is 1.73. The number of nitro groups is 1. The molecule has 1 spiro atoms.